The molecule has 0 saturated carbocycles. The number of rotatable bonds is 7. The summed E-state index contributed by atoms with van der Waals surface area (Å²) in [5.74, 6) is -1.81. The van der Waals surface area contributed by atoms with Gasteiger partial charge in [0.25, 0.3) is 11.8 Å². The van der Waals surface area contributed by atoms with Gasteiger partial charge in [0, 0.05) is 11.0 Å². The average Bonchev–Trinajstić information content (AvgIpc) is 3.07. The highest BCUT2D eigenvalue weighted by atomic mass is 32.2. The number of anilines is 1. The number of esters is 1. The number of carbonyl (C=O) groups is 3. The third-order valence-corrected chi connectivity index (χ3v) is 4.63. The number of benzene rings is 1. The third-order valence-electron chi connectivity index (χ3n) is 3.06. The second-order valence-electron chi connectivity index (χ2n) is 4.79. The highest BCUT2D eigenvalue weighted by Gasteiger charge is 2.13. The molecule has 25 heavy (non-hydrogen) atoms. The van der Waals surface area contributed by atoms with Crippen LogP contribution >= 0.6 is 23.1 Å². The molecule has 1 heterocycles. The molecule has 0 bridgehead atoms. The molecule has 1 aromatic heterocycles. The maximum absolute atomic E-state index is 11.8. The van der Waals surface area contributed by atoms with Crippen molar-refractivity contribution in [1.29, 1.82) is 0 Å². The summed E-state index contributed by atoms with van der Waals surface area (Å²) in [6, 6.07) is 9.16. The van der Waals surface area contributed by atoms with Crippen molar-refractivity contribution >= 4 is 52.0 Å². The third kappa shape index (κ3) is 5.77. The van der Waals surface area contributed by atoms with Crippen molar-refractivity contribution in [2.24, 2.45) is 5.73 Å². The Morgan fingerprint density at radius 1 is 1.24 bits per heavy atom. The molecule has 0 atom stereocenters. The standard InChI is InChI=1S/C17H16N2O4S2/c1-24-12-5-2-11(3-6-12)4-7-15(21)23-10-14(20)19-17-13(16(18)22)8-9-25-17/h2-9H,10H2,1H3,(H2,18,22)(H,19,20)/b7-4+. The van der Waals surface area contributed by atoms with Crippen LogP contribution in [0.5, 0.6) is 0 Å². The lowest BCUT2D eigenvalue weighted by atomic mass is 10.2. The van der Waals surface area contributed by atoms with Gasteiger partial charge in [-0.3, -0.25) is 9.59 Å². The number of hydrogen-bond acceptors (Lipinski definition) is 6. The van der Waals surface area contributed by atoms with Crippen LogP contribution in [0.15, 0.2) is 46.7 Å². The van der Waals surface area contributed by atoms with Gasteiger partial charge in [0.05, 0.1) is 5.56 Å². The molecule has 0 saturated heterocycles. The molecule has 0 unspecified atom stereocenters. The minimum atomic E-state index is -0.635. The van der Waals surface area contributed by atoms with Gasteiger partial charge in [-0.2, -0.15) is 0 Å². The number of nitrogens with one attached hydrogen (secondary N) is 1. The predicted octanol–water partition coefficient (Wildman–Crippen LogP) is 2.76. The molecule has 130 valence electrons. The average molecular weight is 376 g/mol. The Hall–Kier alpha value is -2.58. The highest BCUT2D eigenvalue weighted by Crippen LogP contribution is 2.22. The second kappa shape index (κ2) is 9.05. The molecule has 8 heteroatoms. The Bertz CT molecular complexity index is 797. The number of hydrogen-bond donors (Lipinski definition) is 2. The molecule has 1 aromatic carbocycles. The number of nitrogens with two attached hydrogens (primary N) is 1. The minimum Gasteiger partial charge on any atom is -0.452 e. The van der Waals surface area contributed by atoms with E-state index in [0.717, 1.165) is 21.8 Å². The first-order valence-electron chi connectivity index (χ1n) is 7.15. The summed E-state index contributed by atoms with van der Waals surface area (Å²) in [7, 11) is 0. The number of thiophene rings is 1. The van der Waals surface area contributed by atoms with E-state index in [1.807, 2.05) is 30.5 Å². The first-order chi connectivity index (χ1) is 12.0. The number of amides is 2. The fourth-order valence-electron chi connectivity index (χ4n) is 1.83. The van der Waals surface area contributed by atoms with Crippen LogP contribution in [0, 0.1) is 0 Å². The van der Waals surface area contributed by atoms with Gasteiger partial charge in [-0.05, 0) is 41.5 Å². The number of carbonyl (C=O) groups excluding carboxylic acids is 3. The summed E-state index contributed by atoms with van der Waals surface area (Å²) in [4.78, 5) is 35.7. The van der Waals surface area contributed by atoms with Gasteiger partial charge in [0.15, 0.2) is 6.61 Å². The zero-order valence-corrected chi connectivity index (χ0v) is 15.0. The fraction of sp³-hybridized carbons (Fsp3) is 0.118. The molecule has 6 nitrogen and oxygen atoms in total. The van der Waals surface area contributed by atoms with E-state index in [1.54, 1.807) is 23.2 Å². The molecule has 3 N–H and O–H groups in total. The first-order valence-corrected chi connectivity index (χ1v) is 9.26. The molecule has 2 rings (SSSR count). The van der Waals surface area contributed by atoms with Crippen LogP contribution in [0.2, 0.25) is 0 Å². The van der Waals surface area contributed by atoms with Crippen molar-refractivity contribution in [3.63, 3.8) is 0 Å². The van der Waals surface area contributed by atoms with Crippen LogP contribution in [0.1, 0.15) is 15.9 Å². The summed E-state index contributed by atoms with van der Waals surface area (Å²) in [5.41, 5.74) is 6.26. The van der Waals surface area contributed by atoms with Gasteiger partial charge in [-0.25, -0.2) is 4.79 Å². The molecule has 0 aliphatic carbocycles. The summed E-state index contributed by atoms with van der Waals surface area (Å²) in [6.07, 6.45) is 4.84. The number of ether oxygens (including phenoxy) is 1. The monoisotopic (exact) mass is 376 g/mol. The Morgan fingerprint density at radius 3 is 2.60 bits per heavy atom. The van der Waals surface area contributed by atoms with Crippen molar-refractivity contribution in [3.8, 4) is 0 Å². The highest BCUT2D eigenvalue weighted by molar-refractivity contribution is 7.98. The Labute approximate surface area is 153 Å². The van der Waals surface area contributed by atoms with E-state index in [-0.39, 0.29) is 5.56 Å². The maximum Gasteiger partial charge on any atom is 0.331 e. The van der Waals surface area contributed by atoms with E-state index in [2.05, 4.69) is 5.32 Å². The van der Waals surface area contributed by atoms with Crippen LogP contribution in [0.3, 0.4) is 0 Å². The molecule has 0 aliphatic rings. The Morgan fingerprint density at radius 2 is 1.96 bits per heavy atom. The SMILES string of the molecule is CSc1ccc(/C=C/C(=O)OCC(=O)Nc2sccc2C(N)=O)cc1. The fourth-order valence-corrected chi connectivity index (χ4v) is 3.04. The molecule has 0 fully saturated rings. The van der Waals surface area contributed by atoms with Crippen LogP contribution in [0.25, 0.3) is 6.08 Å². The van der Waals surface area contributed by atoms with E-state index < -0.39 is 24.4 Å². The largest absolute Gasteiger partial charge is 0.452 e. The topological polar surface area (TPSA) is 98.5 Å². The van der Waals surface area contributed by atoms with Gasteiger partial charge < -0.3 is 15.8 Å². The zero-order chi connectivity index (χ0) is 18.2. The smallest absolute Gasteiger partial charge is 0.331 e. The van der Waals surface area contributed by atoms with Gasteiger partial charge in [0.2, 0.25) is 0 Å². The lowest BCUT2D eigenvalue weighted by molar-refractivity contribution is -0.142. The maximum atomic E-state index is 11.8. The first kappa shape index (κ1) is 18.8. The van der Waals surface area contributed by atoms with E-state index in [1.165, 1.54) is 12.1 Å². The normalized spacial score (nSPS) is 10.6. The van der Waals surface area contributed by atoms with Crippen molar-refractivity contribution in [2.45, 2.75) is 4.90 Å². The Balaban J connectivity index is 1.82. The molecular weight excluding hydrogens is 360 g/mol. The number of primary amides is 1. The zero-order valence-electron chi connectivity index (χ0n) is 13.4. The van der Waals surface area contributed by atoms with E-state index in [0.29, 0.717) is 5.00 Å². The van der Waals surface area contributed by atoms with Crippen molar-refractivity contribution in [3.05, 3.63) is 52.9 Å². The molecule has 0 aliphatic heterocycles. The number of thioether (sulfide) groups is 1. The van der Waals surface area contributed by atoms with E-state index in [9.17, 15) is 14.4 Å². The molecule has 2 amide bonds. The van der Waals surface area contributed by atoms with E-state index >= 15 is 0 Å². The summed E-state index contributed by atoms with van der Waals surface area (Å²) >= 11 is 2.79. The van der Waals surface area contributed by atoms with E-state index in [4.69, 9.17) is 10.5 Å². The minimum absolute atomic E-state index is 0.221. The molecule has 0 radical (unpaired) electrons. The lowest BCUT2D eigenvalue weighted by Gasteiger charge is -2.04. The molecule has 2 aromatic rings. The van der Waals surface area contributed by atoms with Crippen LogP contribution < -0.4 is 11.1 Å². The van der Waals surface area contributed by atoms with Gasteiger partial charge in [-0.1, -0.05) is 12.1 Å². The van der Waals surface area contributed by atoms with Gasteiger partial charge in [-0.15, -0.1) is 23.1 Å². The van der Waals surface area contributed by atoms with Crippen molar-refractivity contribution in [2.75, 3.05) is 18.2 Å². The molecule has 0 spiro atoms. The lowest BCUT2D eigenvalue weighted by Crippen LogP contribution is -2.21. The van der Waals surface area contributed by atoms with Gasteiger partial charge >= 0.3 is 5.97 Å². The van der Waals surface area contributed by atoms with Crippen LogP contribution in [-0.4, -0.2) is 30.6 Å². The summed E-state index contributed by atoms with van der Waals surface area (Å²) < 4.78 is 4.87. The summed E-state index contributed by atoms with van der Waals surface area (Å²) in [6.45, 7) is -0.454. The Kier molecular flexibility index (Phi) is 6.79. The van der Waals surface area contributed by atoms with Crippen LogP contribution in [-0.2, 0) is 14.3 Å². The quantitative estimate of drug-likeness (QED) is 0.440. The summed E-state index contributed by atoms with van der Waals surface area (Å²) in [5, 5.41) is 4.45. The second-order valence-corrected chi connectivity index (χ2v) is 6.59. The van der Waals surface area contributed by atoms with Gasteiger partial charge in [0.1, 0.15) is 5.00 Å². The molecular formula is C17H16N2O4S2. The van der Waals surface area contributed by atoms with Crippen molar-refractivity contribution < 1.29 is 19.1 Å². The van der Waals surface area contributed by atoms with Crippen molar-refractivity contribution in [1.82, 2.24) is 0 Å². The predicted molar refractivity (Wildman–Crippen MR) is 99.7 cm³/mol. The van der Waals surface area contributed by atoms with Crippen LogP contribution in [0.4, 0.5) is 5.00 Å².